The van der Waals surface area contributed by atoms with Crippen molar-refractivity contribution in [3.05, 3.63) is 82.6 Å². The van der Waals surface area contributed by atoms with Crippen molar-refractivity contribution in [2.45, 2.75) is 32.7 Å². The first-order valence-corrected chi connectivity index (χ1v) is 9.20. The van der Waals surface area contributed by atoms with E-state index >= 15 is 0 Å². The number of nitrogens with one attached hydrogen (secondary N) is 1. The molecule has 0 aliphatic carbocycles. The van der Waals surface area contributed by atoms with E-state index in [0.29, 0.717) is 23.7 Å². The van der Waals surface area contributed by atoms with Gasteiger partial charge in [0.25, 0.3) is 0 Å². The Morgan fingerprint density at radius 3 is 2.59 bits per heavy atom. The Bertz CT molecular complexity index is 921. The van der Waals surface area contributed by atoms with Crippen LogP contribution in [-0.2, 0) is 17.8 Å². The molecule has 140 valence electrons. The largest absolute Gasteiger partial charge is 0.352 e. The minimum atomic E-state index is -0.342. The third-order valence-corrected chi connectivity index (χ3v) is 4.62. The standard InChI is InChI=1S/C21H21ClFN3O/c1-15-24-11-12-26(15)20-10-7-17(13-19(20)23)14-25-21(27)4-2-3-16-5-8-18(22)9-6-16/h5-13H,2-4,14H2,1H3,(H,25,27). The molecule has 0 radical (unpaired) electrons. The summed E-state index contributed by atoms with van der Waals surface area (Å²) in [6.45, 7) is 2.12. The number of nitrogens with zero attached hydrogens (tertiary/aromatic N) is 2. The van der Waals surface area contributed by atoms with Gasteiger partial charge in [-0.1, -0.05) is 29.8 Å². The summed E-state index contributed by atoms with van der Waals surface area (Å²) < 4.78 is 16.1. The molecule has 0 atom stereocenters. The van der Waals surface area contributed by atoms with E-state index in [9.17, 15) is 9.18 Å². The summed E-state index contributed by atoms with van der Waals surface area (Å²) in [6, 6.07) is 12.6. The SMILES string of the molecule is Cc1nccn1-c1ccc(CNC(=O)CCCc2ccc(Cl)cc2)cc1F. The summed E-state index contributed by atoms with van der Waals surface area (Å²) in [5.74, 6) is 0.333. The number of benzene rings is 2. The van der Waals surface area contributed by atoms with Crippen LogP contribution >= 0.6 is 11.6 Å². The Morgan fingerprint density at radius 2 is 1.93 bits per heavy atom. The third kappa shape index (κ3) is 5.17. The zero-order chi connectivity index (χ0) is 19.2. The van der Waals surface area contributed by atoms with E-state index in [1.165, 1.54) is 6.07 Å². The van der Waals surface area contributed by atoms with E-state index < -0.39 is 0 Å². The fourth-order valence-electron chi connectivity index (χ4n) is 2.88. The van der Waals surface area contributed by atoms with Gasteiger partial charge < -0.3 is 9.88 Å². The van der Waals surface area contributed by atoms with Gasteiger partial charge in [-0.25, -0.2) is 9.37 Å². The van der Waals surface area contributed by atoms with Gasteiger partial charge in [-0.3, -0.25) is 4.79 Å². The van der Waals surface area contributed by atoms with Crippen LogP contribution in [0.2, 0.25) is 5.02 Å². The highest BCUT2D eigenvalue weighted by Crippen LogP contribution is 2.17. The Hall–Kier alpha value is -2.66. The van der Waals surface area contributed by atoms with Gasteiger partial charge in [0.1, 0.15) is 11.6 Å². The van der Waals surface area contributed by atoms with E-state index in [2.05, 4.69) is 10.3 Å². The van der Waals surface area contributed by atoms with Crippen molar-refractivity contribution < 1.29 is 9.18 Å². The molecule has 1 amide bonds. The summed E-state index contributed by atoms with van der Waals surface area (Å²) in [7, 11) is 0. The van der Waals surface area contributed by atoms with Crippen molar-refractivity contribution in [2.75, 3.05) is 0 Å². The number of aryl methyl sites for hydroxylation is 2. The molecule has 0 fully saturated rings. The number of carbonyl (C=O) groups excluding carboxylic acids is 1. The molecule has 27 heavy (non-hydrogen) atoms. The molecule has 0 bridgehead atoms. The lowest BCUT2D eigenvalue weighted by Gasteiger charge is -2.10. The molecular weight excluding hydrogens is 365 g/mol. The van der Waals surface area contributed by atoms with Crippen LogP contribution in [0.4, 0.5) is 4.39 Å². The summed E-state index contributed by atoms with van der Waals surface area (Å²) in [6.07, 6.45) is 5.35. The van der Waals surface area contributed by atoms with Crippen molar-refractivity contribution in [1.82, 2.24) is 14.9 Å². The number of imidazole rings is 1. The van der Waals surface area contributed by atoms with Gasteiger partial charge in [-0.05, 0) is 55.2 Å². The van der Waals surface area contributed by atoms with Crippen molar-refractivity contribution in [3.8, 4) is 5.69 Å². The van der Waals surface area contributed by atoms with Gasteiger partial charge in [-0.15, -0.1) is 0 Å². The second-order valence-corrected chi connectivity index (χ2v) is 6.82. The van der Waals surface area contributed by atoms with Gasteiger partial charge in [0.05, 0.1) is 5.69 Å². The quantitative estimate of drug-likeness (QED) is 0.645. The lowest BCUT2D eigenvalue weighted by atomic mass is 10.1. The number of rotatable bonds is 7. The molecule has 3 aromatic rings. The first kappa shape index (κ1) is 19.1. The molecular formula is C21H21ClFN3O. The van der Waals surface area contributed by atoms with Gasteiger partial charge in [-0.2, -0.15) is 0 Å². The van der Waals surface area contributed by atoms with Gasteiger partial charge in [0, 0.05) is 30.4 Å². The predicted octanol–water partition coefficient (Wildman–Crippen LogP) is 4.61. The summed E-state index contributed by atoms with van der Waals surface area (Å²) in [4.78, 5) is 16.1. The molecule has 3 rings (SSSR count). The lowest BCUT2D eigenvalue weighted by Crippen LogP contribution is -2.22. The van der Waals surface area contributed by atoms with E-state index in [0.717, 1.165) is 29.8 Å². The molecule has 4 nitrogen and oxygen atoms in total. The number of hydrogen-bond donors (Lipinski definition) is 1. The van der Waals surface area contributed by atoms with Crippen LogP contribution in [0.15, 0.2) is 54.9 Å². The number of hydrogen-bond acceptors (Lipinski definition) is 2. The smallest absolute Gasteiger partial charge is 0.220 e. The average molecular weight is 386 g/mol. The minimum Gasteiger partial charge on any atom is -0.352 e. The molecule has 0 aliphatic rings. The highest BCUT2D eigenvalue weighted by Gasteiger charge is 2.09. The molecule has 0 saturated heterocycles. The van der Waals surface area contributed by atoms with Crippen LogP contribution < -0.4 is 5.32 Å². The zero-order valence-electron chi connectivity index (χ0n) is 15.1. The Kier molecular flexibility index (Phi) is 6.24. The molecule has 0 aliphatic heterocycles. The Balaban J connectivity index is 1.48. The number of amides is 1. The van der Waals surface area contributed by atoms with Crippen LogP contribution in [-0.4, -0.2) is 15.5 Å². The summed E-state index contributed by atoms with van der Waals surface area (Å²) in [5.41, 5.74) is 2.32. The maximum atomic E-state index is 14.4. The minimum absolute atomic E-state index is 0.0427. The van der Waals surface area contributed by atoms with Gasteiger partial charge >= 0.3 is 0 Å². The summed E-state index contributed by atoms with van der Waals surface area (Å²) in [5, 5.41) is 3.55. The normalized spacial score (nSPS) is 10.8. The molecule has 0 saturated carbocycles. The molecule has 0 unspecified atom stereocenters. The average Bonchev–Trinajstić information content (AvgIpc) is 3.07. The first-order valence-electron chi connectivity index (χ1n) is 8.83. The molecule has 0 spiro atoms. The number of carbonyl (C=O) groups is 1. The number of halogens is 2. The summed E-state index contributed by atoms with van der Waals surface area (Å²) >= 11 is 5.86. The van der Waals surface area contributed by atoms with E-state index in [4.69, 9.17) is 11.6 Å². The van der Waals surface area contributed by atoms with Gasteiger partial charge in [0.15, 0.2) is 0 Å². The molecule has 1 aromatic heterocycles. The van der Waals surface area contributed by atoms with E-state index in [-0.39, 0.29) is 11.7 Å². The maximum absolute atomic E-state index is 14.4. The maximum Gasteiger partial charge on any atom is 0.220 e. The topological polar surface area (TPSA) is 46.9 Å². The van der Waals surface area contributed by atoms with E-state index in [1.807, 2.05) is 37.3 Å². The molecule has 2 aromatic carbocycles. The first-order chi connectivity index (χ1) is 13.0. The molecule has 1 heterocycles. The van der Waals surface area contributed by atoms with Crippen LogP contribution in [0, 0.1) is 12.7 Å². The second kappa shape index (κ2) is 8.82. The van der Waals surface area contributed by atoms with Crippen molar-refractivity contribution >= 4 is 17.5 Å². The Morgan fingerprint density at radius 1 is 1.19 bits per heavy atom. The third-order valence-electron chi connectivity index (χ3n) is 4.37. The van der Waals surface area contributed by atoms with Gasteiger partial charge in [0.2, 0.25) is 5.91 Å². The van der Waals surface area contributed by atoms with E-state index in [1.54, 1.807) is 23.0 Å². The second-order valence-electron chi connectivity index (χ2n) is 6.39. The van der Waals surface area contributed by atoms with Crippen molar-refractivity contribution in [2.24, 2.45) is 0 Å². The van der Waals surface area contributed by atoms with Crippen molar-refractivity contribution in [3.63, 3.8) is 0 Å². The highest BCUT2D eigenvalue weighted by atomic mass is 35.5. The molecule has 6 heteroatoms. The lowest BCUT2D eigenvalue weighted by molar-refractivity contribution is -0.121. The van der Waals surface area contributed by atoms with Crippen LogP contribution in [0.5, 0.6) is 0 Å². The highest BCUT2D eigenvalue weighted by molar-refractivity contribution is 6.30. The number of aromatic nitrogens is 2. The fourth-order valence-corrected chi connectivity index (χ4v) is 3.01. The Labute approximate surface area is 163 Å². The fraction of sp³-hybridized carbons (Fsp3) is 0.238. The van der Waals surface area contributed by atoms with Crippen molar-refractivity contribution in [1.29, 1.82) is 0 Å². The van der Waals surface area contributed by atoms with Crippen LogP contribution in [0.3, 0.4) is 0 Å². The zero-order valence-corrected chi connectivity index (χ0v) is 15.8. The predicted molar refractivity (Wildman–Crippen MR) is 104 cm³/mol. The van der Waals surface area contributed by atoms with Crippen LogP contribution in [0.1, 0.15) is 29.8 Å². The van der Waals surface area contributed by atoms with Crippen LogP contribution in [0.25, 0.3) is 5.69 Å². The monoisotopic (exact) mass is 385 g/mol. The molecule has 1 N–H and O–H groups in total.